The number of ketones is 4. The van der Waals surface area contributed by atoms with Crippen LogP contribution in [-0.4, -0.2) is 90.5 Å². The van der Waals surface area contributed by atoms with Crippen LogP contribution in [0.1, 0.15) is 48.7 Å². The van der Waals surface area contributed by atoms with E-state index < -0.39 is 64.4 Å². The summed E-state index contributed by atoms with van der Waals surface area (Å²) in [7, 11) is 6.80. The van der Waals surface area contributed by atoms with E-state index in [1.165, 1.54) is 11.0 Å². The fourth-order valence-electron chi connectivity index (χ4n) is 6.99. The van der Waals surface area contributed by atoms with Gasteiger partial charge in [-0.2, -0.15) is 0 Å². The van der Waals surface area contributed by atoms with E-state index in [1.54, 1.807) is 14.1 Å². The Morgan fingerprint density at radius 2 is 1.75 bits per heavy atom. The van der Waals surface area contributed by atoms with Crippen molar-refractivity contribution >= 4 is 34.7 Å². The highest BCUT2D eigenvalue weighted by Gasteiger charge is 2.69. The second-order valence-corrected chi connectivity index (χ2v) is 13.1. The Labute approximate surface area is 234 Å². The highest BCUT2D eigenvalue weighted by molar-refractivity contribution is 6.32. The second kappa shape index (κ2) is 10.0. The maximum Gasteiger partial charge on any atom is 0.235 e. The molecule has 2 saturated carbocycles. The van der Waals surface area contributed by atoms with E-state index in [2.05, 4.69) is 26.1 Å². The first kappa shape index (κ1) is 29.8. The molecule has 0 spiro atoms. The summed E-state index contributed by atoms with van der Waals surface area (Å²) in [5.74, 6) is -10.4. The molecule has 218 valence electrons. The number of anilines is 1. The molecular formula is C29H40N4O7. The topological polar surface area (TPSA) is 170 Å². The maximum atomic E-state index is 13.9. The third-order valence-corrected chi connectivity index (χ3v) is 8.53. The van der Waals surface area contributed by atoms with Gasteiger partial charge in [0.25, 0.3) is 0 Å². The van der Waals surface area contributed by atoms with Crippen molar-refractivity contribution < 1.29 is 34.2 Å². The number of amides is 1. The minimum atomic E-state index is -2.73. The van der Waals surface area contributed by atoms with Crippen LogP contribution in [0.5, 0.6) is 5.75 Å². The number of likely N-dealkylation sites (N-methyl/N-ethyl adjacent to an activating group) is 1. The average Bonchev–Trinajstić information content (AvgIpc) is 2.79. The lowest BCUT2D eigenvalue weighted by atomic mass is 9.52. The number of phenols is 1. The van der Waals surface area contributed by atoms with E-state index in [-0.39, 0.29) is 29.6 Å². The van der Waals surface area contributed by atoms with Gasteiger partial charge < -0.3 is 26.2 Å². The Hall–Kier alpha value is -3.15. The molecule has 2 unspecified atom stereocenters. The van der Waals surface area contributed by atoms with Gasteiger partial charge in [0.2, 0.25) is 5.91 Å². The van der Waals surface area contributed by atoms with Crippen molar-refractivity contribution in [2.75, 3.05) is 39.6 Å². The number of benzene rings is 1. The number of fused-ring (bicyclic) bond motifs is 3. The molecule has 0 radical (unpaired) electrons. The van der Waals surface area contributed by atoms with E-state index in [4.69, 9.17) is 5.73 Å². The van der Waals surface area contributed by atoms with Crippen LogP contribution in [-0.2, 0) is 32.1 Å². The number of phenolic OH excluding ortho intramolecular Hbond substituents is 1. The quantitative estimate of drug-likeness (QED) is 0.352. The zero-order chi connectivity index (χ0) is 30.1. The standard InChI is InChI=1S/C29H40N4O7/c1-28(2,3)12-31-11-14-10-17(34)19-15(21(14)32(4)5)8-13-9-16-22(33(6)7)24(36)20(27(30)39)26(38)29(16,40)25(37)18(13)23(19)35/h10,13,16,18,20,22,31,34,40H,8-9,11-12H2,1-7H3,(H2,30,39)/t13-,16-,18?,20?,22-,29-/m0/s1. The zero-order valence-corrected chi connectivity index (χ0v) is 24.2. The normalized spacial score (nSPS) is 30.2. The van der Waals surface area contributed by atoms with Gasteiger partial charge in [0, 0.05) is 38.8 Å². The summed E-state index contributed by atoms with van der Waals surface area (Å²) in [6.45, 7) is 7.46. The molecule has 1 aromatic carbocycles. The summed E-state index contributed by atoms with van der Waals surface area (Å²) in [5.41, 5.74) is 4.79. The van der Waals surface area contributed by atoms with Crippen LogP contribution in [0.15, 0.2) is 6.07 Å². The monoisotopic (exact) mass is 556 g/mol. The fraction of sp³-hybridized carbons (Fsp3) is 0.621. The first-order valence-corrected chi connectivity index (χ1v) is 13.5. The molecule has 0 heterocycles. The Morgan fingerprint density at radius 3 is 2.27 bits per heavy atom. The molecule has 0 bridgehead atoms. The Bertz CT molecular complexity index is 1300. The van der Waals surface area contributed by atoms with Crippen molar-refractivity contribution in [2.24, 2.45) is 34.8 Å². The molecule has 11 nitrogen and oxygen atoms in total. The molecule has 40 heavy (non-hydrogen) atoms. The highest BCUT2D eigenvalue weighted by Crippen LogP contribution is 2.52. The molecular weight excluding hydrogens is 516 g/mol. The SMILES string of the molecule is CN(C)c1c(CNCC(C)(C)C)cc(O)c2c1C[C@H]1C[C@H]3[C@H](N(C)C)C(=O)C(C(N)=O)C(=O)[C@@]3(O)C(=O)C1C2=O. The summed E-state index contributed by atoms with van der Waals surface area (Å²) < 4.78 is 0. The molecule has 11 heteroatoms. The maximum absolute atomic E-state index is 13.9. The number of carbonyl (C=O) groups is 5. The van der Waals surface area contributed by atoms with E-state index in [1.807, 2.05) is 19.0 Å². The number of rotatable bonds is 6. The number of nitrogens with one attached hydrogen (secondary N) is 1. The highest BCUT2D eigenvalue weighted by atomic mass is 16.3. The van der Waals surface area contributed by atoms with Crippen LogP contribution < -0.4 is 16.0 Å². The predicted molar refractivity (Wildman–Crippen MR) is 147 cm³/mol. The van der Waals surface area contributed by atoms with Gasteiger partial charge in [0.1, 0.15) is 5.75 Å². The lowest BCUT2D eigenvalue weighted by Crippen LogP contribution is -2.74. The summed E-state index contributed by atoms with van der Waals surface area (Å²) in [6, 6.07) is 0.388. The number of hydrogen-bond acceptors (Lipinski definition) is 10. The molecule has 1 amide bonds. The lowest BCUT2D eigenvalue weighted by Gasteiger charge is -2.52. The largest absolute Gasteiger partial charge is 0.507 e. The van der Waals surface area contributed by atoms with Crippen LogP contribution in [0.3, 0.4) is 0 Å². The predicted octanol–water partition coefficient (Wildman–Crippen LogP) is 0.0687. The molecule has 0 saturated heterocycles. The van der Waals surface area contributed by atoms with Crippen LogP contribution in [0.2, 0.25) is 0 Å². The molecule has 3 aliphatic carbocycles. The molecule has 0 aliphatic heterocycles. The Kier molecular flexibility index (Phi) is 7.49. The molecule has 3 aliphatic rings. The van der Waals surface area contributed by atoms with E-state index in [9.17, 15) is 34.2 Å². The lowest BCUT2D eigenvalue weighted by molar-refractivity contribution is -0.181. The van der Waals surface area contributed by atoms with Gasteiger partial charge in [0.15, 0.2) is 34.7 Å². The molecule has 6 atom stereocenters. The second-order valence-electron chi connectivity index (χ2n) is 13.1. The first-order chi connectivity index (χ1) is 18.4. The van der Waals surface area contributed by atoms with E-state index in [0.717, 1.165) is 17.8 Å². The number of aromatic hydroxyl groups is 1. The summed E-state index contributed by atoms with van der Waals surface area (Å²) >= 11 is 0. The third kappa shape index (κ3) is 4.53. The average molecular weight is 557 g/mol. The minimum Gasteiger partial charge on any atom is -0.507 e. The van der Waals surface area contributed by atoms with Crippen LogP contribution in [0, 0.1) is 29.1 Å². The summed E-state index contributed by atoms with van der Waals surface area (Å²) in [4.78, 5) is 70.0. The van der Waals surface area contributed by atoms with Crippen molar-refractivity contribution in [1.82, 2.24) is 10.2 Å². The number of hydrogen-bond donors (Lipinski definition) is 4. The molecule has 5 N–H and O–H groups in total. The van der Waals surface area contributed by atoms with Gasteiger partial charge >= 0.3 is 0 Å². The number of aliphatic hydroxyl groups is 1. The van der Waals surface area contributed by atoms with Crippen LogP contribution in [0.4, 0.5) is 5.69 Å². The van der Waals surface area contributed by atoms with Gasteiger partial charge in [-0.1, -0.05) is 20.8 Å². The Balaban J connectivity index is 1.83. The number of nitrogens with two attached hydrogens (primary N) is 1. The van der Waals surface area contributed by atoms with Crippen molar-refractivity contribution in [2.45, 2.75) is 51.8 Å². The molecule has 2 fully saturated rings. The van der Waals surface area contributed by atoms with Gasteiger partial charge in [-0.3, -0.25) is 28.9 Å². The summed E-state index contributed by atoms with van der Waals surface area (Å²) in [6.07, 6.45) is 0.240. The molecule has 1 aromatic rings. The van der Waals surface area contributed by atoms with Gasteiger partial charge in [-0.05, 0) is 55.5 Å². The van der Waals surface area contributed by atoms with Gasteiger partial charge in [-0.25, -0.2) is 0 Å². The zero-order valence-electron chi connectivity index (χ0n) is 24.2. The number of carbonyl (C=O) groups excluding carboxylic acids is 5. The van der Waals surface area contributed by atoms with Crippen molar-refractivity contribution in [3.8, 4) is 5.75 Å². The number of nitrogens with zero attached hydrogens (tertiary/aromatic N) is 2. The smallest absolute Gasteiger partial charge is 0.235 e. The number of Topliss-reactive ketones (excluding diaryl/α,β-unsaturated/α-hetero) is 4. The van der Waals surface area contributed by atoms with Gasteiger partial charge in [0.05, 0.1) is 17.5 Å². The fourth-order valence-corrected chi connectivity index (χ4v) is 6.99. The molecule has 0 aromatic heterocycles. The minimum absolute atomic E-state index is 0.00475. The van der Waals surface area contributed by atoms with Crippen molar-refractivity contribution in [3.63, 3.8) is 0 Å². The van der Waals surface area contributed by atoms with Gasteiger partial charge in [-0.15, -0.1) is 0 Å². The van der Waals surface area contributed by atoms with Crippen LogP contribution >= 0.6 is 0 Å². The molecule has 4 rings (SSSR count). The number of primary amides is 1. The van der Waals surface area contributed by atoms with Crippen molar-refractivity contribution in [3.05, 3.63) is 22.8 Å². The first-order valence-electron chi connectivity index (χ1n) is 13.5. The Morgan fingerprint density at radius 1 is 1.12 bits per heavy atom. The van der Waals surface area contributed by atoms with Crippen molar-refractivity contribution in [1.29, 1.82) is 0 Å². The van der Waals surface area contributed by atoms with E-state index >= 15 is 0 Å². The van der Waals surface area contributed by atoms with E-state index in [0.29, 0.717) is 12.1 Å². The third-order valence-electron chi connectivity index (χ3n) is 8.53. The summed E-state index contributed by atoms with van der Waals surface area (Å²) in [5, 5.41) is 26.1. The van der Waals surface area contributed by atoms with Crippen LogP contribution in [0.25, 0.3) is 0 Å².